The summed E-state index contributed by atoms with van der Waals surface area (Å²) in [5.74, 6) is 2.07. The number of likely N-dealkylation sites (tertiary alicyclic amines) is 1. The first-order valence-electron chi connectivity index (χ1n) is 8.31. The fraction of sp³-hybridized carbons (Fsp3) is 0.750. The first kappa shape index (κ1) is 14.6. The van der Waals surface area contributed by atoms with E-state index >= 15 is 0 Å². The summed E-state index contributed by atoms with van der Waals surface area (Å²) < 4.78 is 0. The molecule has 0 spiro atoms. The Kier molecular flexibility index (Phi) is 4.58. The summed E-state index contributed by atoms with van der Waals surface area (Å²) in [7, 11) is 0. The number of hydrogen-bond donors (Lipinski definition) is 2. The maximum atomic E-state index is 11.6. The summed E-state index contributed by atoms with van der Waals surface area (Å²) in [4.78, 5) is 21.6. The van der Waals surface area contributed by atoms with Crippen LogP contribution in [0.4, 0.5) is 5.82 Å². The predicted octanol–water partition coefficient (Wildman–Crippen LogP) is 2.32. The summed E-state index contributed by atoms with van der Waals surface area (Å²) in [6.07, 6.45) is 7.43. The van der Waals surface area contributed by atoms with E-state index in [1.165, 1.54) is 25.8 Å². The second-order valence-corrected chi connectivity index (χ2v) is 6.45. The molecule has 0 radical (unpaired) electrons. The summed E-state index contributed by atoms with van der Waals surface area (Å²) in [5.41, 5.74) is -0.0425. The number of anilines is 1. The van der Waals surface area contributed by atoms with Crippen LogP contribution in [0, 0.1) is 0 Å². The SMILES string of the molecule is CC1CCCCN1CCCNc1cc(=O)[nH]c(C2CC2)n1. The standard InChI is InChI=1S/C16H26N4O/c1-12-5-2-3-9-20(12)10-4-8-17-14-11-15(21)19-16(18-14)13-6-7-13/h11-13H,2-10H2,1H3,(H2,17,18,19,21). The zero-order valence-electron chi connectivity index (χ0n) is 12.9. The minimum atomic E-state index is -0.0425. The van der Waals surface area contributed by atoms with Crippen LogP contribution < -0.4 is 10.9 Å². The molecule has 5 heteroatoms. The van der Waals surface area contributed by atoms with Gasteiger partial charge < -0.3 is 15.2 Å². The van der Waals surface area contributed by atoms with Crippen LogP contribution in [-0.2, 0) is 0 Å². The van der Waals surface area contributed by atoms with Gasteiger partial charge in [-0.15, -0.1) is 0 Å². The highest BCUT2D eigenvalue weighted by molar-refractivity contribution is 5.33. The van der Waals surface area contributed by atoms with E-state index in [4.69, 9.17) is 0 Å². The Bertz CT molecular complexity index is 523. The highest BCUT2D eigenvalue weighted by atomic mass is 16.1. The maximum absolute atomic E-state index is 11.6. The average Bonchev–Trinajstić information content (AvgIpc) is 3.29. The normalized spacial score (nSPS) is 23.2. The third kappa shape index (κ3) is 4.06. The molecule has 1 atom stereocenters. The lowest BCUT2D eigenvalue weighted by molar-refractivity contribution is 0.160. The van der Waals surface area contributed by atoms with Gasteiger partial charge >= 0.3 is 0 Å². The molecule has 1 unspecified atom stereocenters. The zero-order valence-corrected chi connectivity index (χ0v) is 12.9. The van der Waals surface area contributed by atoms with Crippen molar-refractivity contribution in [3.05, 3.63) is 22.2 Å². The van der Waals surface area contributed by atoms with Crippen LogP contribution >= 0.6 is 0 Å². The molecule has 1 aromatic rings. The first-order chi connectivity index (χ1) is 10.2. The average molecular weight is 290 g/mol. The topological polar surface area (TPSA) is 61.0 Å². The molecule has 1 aliphatic carbocycles. The smallest absolute Gasteiger partial charge is 0.252 e. The Morgan fingerprint density at radius 3 is 3.00 bits per heavy atom. The van der Waals surface area contributed by atoms with Gasteiger partial charge in [0, 0.05) is 31.1 Å². The molecule has 2 fully saturated rings. The van der Waals surface area contributed by atoms with Crippen molar-refractivity contribution in [1.29, 1.82) is 0 Å². The summed E-state index contributed by atoms with van der Waals surface area (Å²) in [6.45, 7) is 5.57. The molecule has 21 heavy (non-hydrogen) atoms. The Balaban J connectivity index is 1.45. The van der Waals surface area contributed by atoms with Crippen LogP contribution in [0.1, 0.15) is 57.2 Å². The molecule has 2 heterocycles. The number of nitrogens with one attached hydrogen (secondary N) is 2. The minimum Gasteiger partial charge on any atom is -0.370 e. The van der Waals surface area contributed by atoms with Crippen molar-refractivity contribution < 1.29 is 0 Å². The third-order valence-corrected chi connectivity index (χ3v) is 4.59. The highest BCUT2D eigenvalue weighted by Crippen LogP contribution is 2.37. The molecule has 3 rings (SSSR count). The van der Waals surface area contributed by atoms with Gasteiger partial charge in [-0.3, -0.25) is 4.79 Å². The van der Waals surface area contributed by atoms with E-state index in [0.717, 1.165) is 50.0 Å². The molecular weight excluding hydrogens is 264 g/mol. The Morgan fingerprint density at radius 2 is 2.24 bits per heavy atom. The number of nitrogens with zero attached hydrogens (tertiary/aromatic N) is 2. The number of aromatic amines is 1. The molecule has 2 aliphatic rings. The van der Waals surface area contributed by atoms with Crippen molar-refractivity contribution >= 4 is 5.82 Å². The van der Waals surface area contributed by atoms with E-state index < -0.39 is 0 Å². The number of H-pyrrole nitrogens is 1. The van der Waals surface area contributed by atoms with E-state index in [2.05, 4.69) is 27.1 Å². The van der Waals surface area contributed by atoms with Gasteiger partial charge in [0.25, 0.3) is 5.56 Å². The minimum absolute atomic E-state index is 0.0425. The second kappa shape index (κ2) is 6.60. The zero-order chi connectivity index (χ0) is 14.7. The highest BCUT2D eigenvalue weighted by Gasteiger charge is 2.26. The molecular formula is C16H26N4O. The number of rotatable bonds is 6. The summed E-state index contributed by atoms with van der Waals surface area (Å²) in [5, 5.41) is 3.31. The largest absolute Gasteiger partial charge is 0.370 e. The van der Waals surface area contributed by atoms with Gasteiger partial charge in [-0.2, -0.15) is 0 Å². The molecule has 2 N–H and O–H groups in total. The third-order valence-electron chi connectivity index (χ3n) is 4.59. The first-order valence-corrected chi connectivity index (χ1v) is 8.31. The van der Waals surface area contributed by atoms with Crippen molar-refractivity contribution in [3.8, 4) is 0 Å². The van der Waals surface area contributed by atoms with Gasteiger partial charge in [0.05, 0.1) is 0 Å². The lowest BCUT2D eigenvalue weighted by Crippen LogP contribution is -2.38. The fourth-order valence-corrected chi connectivity index (χ4v) is 3.11. The van der Waals surface area contributed by atoms with E-state index in [1.54, 1.807) is 6.07 Å². The second-order valence-electron chi connectivity index (χ2n) is 6.45. The van der Waals surface area contributed by atoms with Gasteiger partial charge in [-0.25, -0.2) is 4.98 Å². The van der Waals surface area contributed by atoms with Crippen molar-refractivity contribution in [2.24, 2.45) is 0 Å². The quantitative estimate of drug-likeness (QED) is 0.789. The number of hydrogen-bond acceptors (Lipinski definition) is 4. The molecule has 0 amide bonds. The predicted molar refractivity (Wildman–Crippen MR) is 84.8 cm³/mol. The van der Waals surface area contributed by atoms with E-state index in [-0.39, 0.29) is 5.56 Å². The molecule has 1 saturated carbocycles. The lowest BCUT2D eigenvalue weighted by atomic mass is 10.0. The van der Waals surface area contributed by atoms with Crippen LogP contribution in [-0.4, -0.2) is 40.5 Å². The lowest BCUT2D eigenvalue weighted by Gasteiger charge is -2.33. The fourth-order valence-electron chi connectivity index (χ4n) is 3.11. The van der Waals surface area contributed by atoms with Crippen LogP contribution in [0.5, 0.6) is 0 Å². The summed E-state index contributed by atoms with van der Waals surface area (Å²) >= 11 is 0. The number of aromatic nitrogens is 2. The van der Waals surface area contributed by atoms with Crippen LogP contribution in [0.3, 0.4) is 0 Å². The van der Waals surface area contributed by atoms with Gasteiger partial charge in [0.1, 0.15) is 11.6 Å². The molecule has 0 bridgehead atoms. The molecule has 1 saturated heterocycles. The van der Waals surface area contributed by atoms with Gasteiger partial charge in [0.15, 0.2) is 0 Å². The van der Waals surface area contributed by atoms with E-state index in [0.29, 0.717) is 5.92 Å². The number of piperidine rings is 1. The van der Waals surface area contributed by atoms with Crippen LogP contribution in [0.2, 0.25) is 0 Å². The van der Waals surface area contributed by atoms with Crippen molar-refractivity contribution in [2.75, 3.05) is 25.0 Å². The monoisotopic (exact) mass is 290 g/mol. The molecule has 116 valence electrons. The Labute approximate surface area is 126 Å². The van der Waals surface area contributed by atoms with E-state index in [1.807, 2.05) is 0 Å². The van der Waals surface area contributed by atoms with Gasteiger partial charge in [-0.1, -0.05) is 6.42 Å². The van der Waals surface area contributed by atoms with Crippen molar-refractivity contribution in [1.82, 2.24) is 14.9 Å². The maximum Gasteiger partial charge on any atom is 0.252 e. The van der Waals surface area contributed by atoms with E-state index in [9.17, 15) is 4.79 Å². The van der Waals surface area contributed by atoms with Gasteiger partial charge in [0.2, 0.25) is 0 Å². The molecule has 5 nitrogen and oxygen atoms in total. The van der Waals surface area contributed by atoms with Crippen LogP contribution in [0.15, 0.2) is 10.9 Å². The summed E-state index contributed by atoms with van der Waals surface area (Å²) in [6, 6.07) is 2.29. The van der Waals surface area contributed by atoms with Crippen molar-refractivity contribution in [2.45, 2.75) is 57.4 Å². The van der Waals surface area contributed by atoms with Crippen LogP contribution in [0.25, 0.3) is 0 Å². The molecule has 0 aromatic carbocycles. The molecule has 1 aromatic heterocycles. The Hall–Kier alpha value is -1.36. The molecule has 1 aliphatic heterocycles. The Morgan fingerprint density at radius 1 is 1.38 bits per heavy atom. The van der Waals surface area contributed by atoms with Gasteiger partial charge in [-0.05, 0) is 45.6 Å². The van der Waals surface area contributed by atoms with Crippen molar-refractivity contribution in [3.63, 3.8) is 0 Å².